The molecule has 1 fully saturated rings. The van der Waals surface area contributed by atoms with Gasteiger partial charge in [0.05, 0.1) is 5.69 Å². The van der Waals surface area contributed by atoms with Crippen molar-refractivity contribution >= 4 is 6.08 Å². The number of pyridine rings is 1. The van der Waals surface area contributed by atoms with Gasteiger partial charge in [0.25, 0.3) is 0 Å². The molecule has 0 unspecified atom stereocenters. The summed E-state index contributed by atoms with van der Waals surface area (Å²) in [6.07, 6.45) is 6.05. The zero-order valence-electron chi connectivity index (χ0n) is 9.13. The fourth-order valence-electron chi connectivity index (χ4n) is 1.63. The summed E-state index contributed by atoms with van der Waals surface area (Å²) in [5.41, 5.74) is 1.02. The van der Waals surface area contributed by atoms with Crippen LogP contribution in [0.15, 0.2) is 30.6 Å². The van der Waals surface area contributed by atoms with Gasteiger partial charge in [-0.3, -0.25) is 4.98 Å². The predicted molar refractivity (Wildman–Crippen MR) is 62.3 cm³/mol. The largest absolute Gasteiger partial charge is 0.375 e. The molecule has 0 aromatic carbocycles. The van der Waals surface area contributed by atoms with E-state index in [-0.39, 0.29) is 0 Å². The molecule has 0 N–H and O–H groups in total. The Bertz CT molecular complexity index is 313. The van der Waals surface area contributed by atoms with E-state index in [0.29, 0.717) is 0 Å². The van der Waals surface area contributed by atoms with Crippen LogP contribution in [0.2, 0.25) is 0 Å². The van der Waals surface area contributed by atoms with E-state index in [4.69, 9.17) is 0 Å². The maximum absolute atomic E-state index is 4.25. The van der Waals surface area contributed by atoms with Crippen molar-refractivity contribution in [3.8, 4) is 0 Å². The second kappa shape index (κ2) is 4.94. The molecule has 2 heterocycles. The third-order valence-electron chi connectivity index (χ3n) is 2.68. The van der Waals surface area contributed by atoms with Crippen LogP contribution in [0.5, 0.6) is 0 Å². The molecule has 3 heteroatoms. The van der Waals surface area contributed by atoms with E-state index in [1.54, 1.807) is 0 Å². The maximum atomic E-state index is 4.25. The number of rotatable bonds is 2. The normalized spacial score (nSPS) is 18.6. The molecule has 15 heavy (non-hydrogen) atoms. The average molecular weight is 203 g/mol. The molecular weight excluding hydrogens is 186 g/mol. The van der Waals surface area contributed by atoms with Crippen LogP contribution in [0.25, 0.3) is 6.08 Å². The second-order valence-electron chi connectivity index (χ2n) is 3.91. The first-order valence-corrected chi connectivity index (χ1v) is 5.36. The van der Waals surface area contributed by atoms with Gasteiger partial charge >= 0.3 is 0 Å². The van der Waals surface area contributed by atoms with Gasteiger partial charge in [-0.2, -0.15) is 0 Å². The molecule has 1 aliphatic rings. The van der Waals surface area contributed by atoms with Crippen LogP contribution in [0.3, 0.4) is 0 Å². The number of hydrogen-bond acceptors (Lipinski definition) is 3. The molecular formula is C12H17N3. The minimum atomic E-state index is 1.02. The number of hydrogen-bond donors (Lipinski definition) is 0. The minimum Gasteiger partial charge on any atom is -0.375 e. The number of nitrogens with zero attached hydrogens (tertiary/aromatic N) is 3. The van der Waals surface area contributed by atoms with Gasteiger partial charge in [-0.1, -0.05) is 6.07 Å². The first-order valence-electron chi connectivity index (χ1n) is 5.36. The predicted octanol–water partition coefficient (Wildman–Crippen LogP) is 1.30. The fraction of sp³-hybridized carbons (Fsp3) is 0.417. The maximum Gasteiger partial charge on any atom is 0.0644 e. The fourth-order valence-corrected chi connectivity index (χ4v) is 1.63. The van der Waals surface area contributed by atoms with Crippen molar-refractivity contribution in [2.24, 2.45) is 0 Å². The third kappa shape index (κ3) is 3.06. The van der Waals surface area contributed by atoms with Gasteiger partial charge in [-0.05, 0) is 25.3 Å². The van der Waals surface area contributed by atoms with Crippen LogP contribution < -0.4 is 0 Å². The van der Waals surface area contributed by atoms with Gasteiger partial charge in [0.1, 0.15) is 0 Å². The highest BCUT2D eigenvalue weighted by molar-refractivity contribution is 5.43. The van der Waals surface area contributed by atoms with E-state index in [1.807, 2.05) is 24.4 Å². The Kier molecular flexibility index (Phi) is 3.35. The summed E-state index contributed by atoms with van der Waals surface area (Å²) in [5.74, 6) is 0. The molecule has 80 valence electrons. The summed E-state index contributed by atoms with van der Waals surface area (Å²) in [4.78, 5) is 8.95. The molecule has 0 atom stereocenters. The Morgan fingerprint density at radius 2 is 2.00 bits per heavy atom. The van der Waals surface area contributed by atoms with Crippen molar-refractivity contribution in [2.75, 3.05) is 33.2 Å². The number of aromatic nitrogens is 1. The lowest BCUT2D eigenvalue weighted by molar-refractivity contribution is 0.199. The highest BCUT2D eigenvalue weighted by atomic mass is 15.2. The molecule has 0 amide bonds. The molecule has 0 bridgehead atoms. The van der Waals surface area contributed by atoms with E-state index in [2.05, 4.69) is 34.1 Å². The monoisotopic (exact) mass is 203 g/mol. The van der Waals surface area contributed by atoms with E-state index in [1.165, 1.54) is 0 Å². The van der Waals surface area contributed by atoms with Crippen LogP contribution in [0.1, 0.15) is 5.69 Å². The van der Waals surface area contributed by atoms with E-state index in [9.17, 15) is 0 Å². The Hall–Kier alpha value is -1.35. The summed E-state index contributed by atoms with van der Waals surface area (Å²) in [7, 11) is 2.17. The lowest BCUT2D eigenvalue weighted by Gasteiger charge is -2.31. The van der Waals surface area contributed by atoms with Crippen molar-refractivity contribution in [2.45, 2.75) is 0 Å². The molecule has 0 saturated carbocycles. The van der Waals surface area contributed by atoms with Gasteiger partial charge in [0, 0.05) is 38.6 Å². The molecule has 0 radical (unpaired) electrons. The Balaban J connectivity index is 1.89. The number of piperazine rings is 1. The van der Waals surface area contributed by atoms with Crippen LogP contribution >= 0.6 is 0 Å². The molecule has 0 aliphatic carbocycles. The Morgan fingerprint density at radius 3 is 2.67 bits per heavy atom. The molecule has 3 nitrogen and oxygen atoms in total. The zero-order chi connectivity index (χ0) is 10.5. The average Bonchev–Trinajstić information content (AvgIpc) is 2.30. The van der Waals surface area contributed by atoms with Crippen molar-refractivity contribution in [1.82, 2.24) is 14.8 Å². The highest BCUT2D eigenvalue weighted by Crippen LogP contribution is 2.02. The molecule has 2 rings (SSSR count). The molecule has 0 spiro atoms. The van der Waals surface area contributed by atoms with Gasteiger partial charge in [-0.25, -0.2) is 0 Å². The third-order valence-corrected chi connectivity index (χ3v) is 2.68. The Labute approximate surface area is 91.0 Å². The molecule has 1 aromatic rings. The first kappa shape index (κ1) is 10.2. The summed E-state index contributed by atoms with van der Waals surface area (Å²) >= 11 is 0. The van der Waals surface area contributed by atoms with Crippen LogP contribution in [-0.4, -0.2) is 48.0 Å². The minimum absolute atomic E-state index is 1.02. The summed E-state index contributed by atoms with van der Waals surface area (Å²) < 4.78 is 0. The summed E-state index contributed by atoms with van der Waals surface area (Å²) in [6.45, 7) is 4.51. The van der Waals surface area contributed by atoms with Crippen LogP contribution in [0, 0.1) is 0 Å². The van der Waals surface area contributed by atoms with Crippen LogP contribution in [-0.2, 0) is 0 Å². The lowest BCUT2D eigenvalue weighted by atomic mass is 10.3. The molecule has 1 saturated heterocycles. The van der Waals surface area contributed by atoms with Gasteiger partial charge in [0.15, 0.2) is 0 Å². The smallest absolute Gasteiger partial charge is 0.0644 e. The molecule has 1 aliphatic heterocycles. The summed E-state index contributed by atoms with van der Waals surface area (Å²) in [6, 6.07) is 5.97. The first-order chi connectivity index (χ1) is 7.34. The van der Waals surface area contributed by atoms with Crippen molar-refractivity contribution in [3.63, 3.8) is 0 Å². The summed E-state index contributed by atoms with van der Waals surface area (Å²) in [5, 5.41) is 0. The van der Waals surface area contributed by atoms with E-state index >= 15 is 0 Å². The van der Waals surface area contributed by atoms with Gasteiger partial charge < -0.3 is 9.80 Å². The lowest BCUT2D eigenvalue weighted by Crippen LogP contribution is -2.41. The standard InChI is InChI=1S/C12H17N3/c1-14-8-10-15(11-9-14)7-5-12-4-2-3-6-13-12/h2-7H,8-11H2,1H3/b7-5+. The molecule has 1 aromatic heterocycles. The van der Waals surface area contributed by atoms with Gasteiger partial charge in [-0.15, -0.1) is 0 Å². The van der Waals surface area contributed by atoms with Crippen molar-refractivity contribution < 1.29 is 0 Å². The zero-order valence-corrected chi connectivity index (χ0v) is 9.13. The van der Waals surface area contributed by atoms with Gasteiger partial charge in [0.2, 0.25) is 0 Å². The Morgan fingerprint density at radius 1 is 1.20 bits per heavy atom. The second-order valence-corrected chi connectivity index (χ2v) is 3.91. The van der Waals surface area contributed by atoms with E-state index < -0.39 is 0 Å². The topological polar surface area (TPSA) is 19.4 Å². The SMILES string of the molecule is CN1CCN(/C=C/c2ccccn2)CC1. The number of likely N-dealkylation sites (N-methyl/N-ethyl adjacent to an activating group) is 1. The van der Waals surface area contributed by atoms with Crippen LogP contribution in [0.4, 0.5) is 0 Å². The van der Waals surface area contributed by atoms with Crippen molar-refractivity contribution in [1.29, 1.82) is 0 Å². The quantitative estimate of drug-likeness (QED) is 0.722. The highest BCUT2D eigenvalue weighted by Gasteiger charge is 2.09. The van der Waals surface area contributed by atoms with Crippen molar-refractivity contribution in [3.05, 3.63) is 36.3 Å². The van der Waals surface area contributed by atoms with E-state index in [0.717, 1.165) is 31.9 Å².